The molecule has 3 rings (SSSR count). The number of pyridine rings is 1. The molecule has 0 aliphatic rings. The molecule has 3 aromatic rings. The topological polar surface area (TPSA) is 83.0 Å². The van der Waals surface area contributed by atoms with Gasteiger partial charge in [0.1, 0.15) is 18.1 Å². The largest absolute Gasteiger partial charge is 0.455 e. The Morgan fingerprint density at radius 1 is 1.26 bits per heavy atom. The minimum Gasteiger partial charge on any atom is -0.455 e. The molecule has 3 heterocycles. The van der Waals surface area contributed by atoms with Crippen LogP contribution in [0.3, 0.4) is 0 Å². The molecule has 7 heteroatoms. The zero-order valence-corrected chi connectivity index (χ0v) is 13.1. The molecule has 3 aromatic heterocycles. The van der Waals surface area contributed by atoms with Crippen molar-refractivity contribution in [2.24, 2.45) is 0 Å². The van der Waals surface area contributed by atoms with E-state index in [0.29, 0.717) is 22.8 Å². The van der Waals surface area contributed by atoms with E-state index < -0.39 is 5.97 Å². The molecule has 0 fully saturated rings. The maximum atomic E-state index is 12.0. The summed E-state index contributed by atoms with van der Waals surface area (Å²) in [7, 11) is 0. The smallest absolute Gasteiger partial charge is 0.340 e. The molecule has 0 N–H and O–H groups in total. The summed E-state index contributed by atoms with van der Waals surface area (Å²) < 4.78 is 11.8. The van der Waals surface area contributed by atoms with Gasteiger partial charge in [-0.15, -0.1) is 0 Å². The summed E-state index contributed by atoms with van der Waals surface area (Å²) >= 11 is 0. The molecular weight excluding hydrogens is 296 g/mol. The van der Waals surface area contributed by atoms with Crippen molar-refractivity contribution in [3.05, 3.63) is 58.9 Å². The van der Waals surface area contributed by atoms with Crippen molar-refractivity contribution in [2.45, 2.75) is 27.4 Å². The lowest BCUT2D eigenvalue weighted by Crippen LogP contribution is -2.08. The number of carbonyl (C=O) groups is 1. The van der Waals surface area contributed by atoms with Gasteiger partial charge in [-0.2, -0.15) is 5.10 Å². The molecule has 0 saturated heterocycles. The highest BCUT2D eigenvalue weighted by Gasteiger charge is 2.11. The number of aromatic nitrogens is 4. The minimum atomic E-state index is -0.460. The molecular formula is C16H16N4O3. The van der Waals surface area contributed by atoms with Gasteiger partial charge in [-0.25, -0.2) is 14.5 Å². The number of nitrogens with zero attached hydrogens (tertiary/aromatic N) is 4. The molecule has 7 nitrogen and oxygen atoms in total. The average Bonchev–Trinajstić information content (AvgIpc) is 3.10. The van der Waals surface area contributed by atoms with Gasteiger partial charge in [0, 0.05) is 18.0 Å². The second-order valence-corrected chi connectivity index (χ2v) is 5.25. The van der Waals surface area contributed by atoms with Crippen LogP contribution in [0.5, 0.6) is 0 Å². The van der Waals surface area contributed by atoms with Crippen LogP contribution in [-0.4, -0.2) is 25.9 Å². The monoisotopic (exact) mass is 312 g/mol. The van der Waals surface area contributed by atoms with E-state index in [2.05, 4.69) is 15.2 Å². The highest BCUT2D eigenvalue weighted by Crippen LogP contribution is 2.11. The van der Waals surface area contributed by atoms with Crippen LogP contribution < -0.4 is 0 Å². The summed E-state index contributed by atoms with van der Waals surface area (Å²) in [6.07, 6.45) is 1.47. The van der Waals surface area contributed by atoms with Gasteiger partial charge in [0.15, 0.2) is 5.82 Å². The van der Waals surface area contributed by atoms with Crippen molar-refractivity contribution in [3.63, 3.8) is 0 Å². The standard InChI is InChI=1S/C16H16N4O3/c1-10-6-11(2)20(18-10)15-5-4-13(8-17-15)16(21)22-9-14-7-12(3)23-19-14/h4-8H,9H2,1-3H3. The van der Waals surface area contributed by atoms with E-state index in [9.17, 15) is 4.79 Å². The SMILES string of the molecule is Cc1cc(C)n(-c2ccc(C(=O)OCc3cc(C)on3)cn2)n1. The number of carbonyl (C=O) groups excluding carboxylic acids is 1. The van der Waals surface area contributed by atoms with Gasteiger partial charge in [-0.3, -0.25) is 0 Å². The van der Waals surface area contributed by atoms with E-state index in [1.54, 1.807) is 29.8 Å². The van der Waals surface area contributed by atoms with Crippen LogP contribution in [0.1, 0.15) is 33.2 Å². The first-order chi connectivity index (χ1) is 11.0. The van der Waals surface area contributed by atoms with Gasteiger partial charge in [0.25, 0.3) is 0 Å². The van der Waals surface area contributed by atoms with Crippen molar-refractivity contribution < 1.29 is 14.1 Å². The third kappa shape index (κ3) is 3.28. The van der Waals surface area contributed by atoms with Crippen LogP contribution in [0, 0.1) is 20.8 Å². The van der Waals surface area contributed by atoms with E-state index in [1.807, 2.05) is 19.9 Å². The van der Waals surface area contributed by atoms with E-state index in [0.717, 1.165) is 11.4 Å². The molecule has 0 aromatic carbocycles. The summed E-state index contributed by atoms with van der Waals surface area (Å²) in [5.74, 6) is 0.865. The van der Waals surface area contributed by atoms with E-state index in [4.69, 9.17) is 9.26 Å². The van der Waals surface area contributed by atoms with Gasteiger partial charge in [0.2, 0.25) is 0 Å². The molecule has 0 aliphatic carbocycles. The summed E-state index contributed by atoms with van der Waals surface area (Å²) in [4.78, 5) is 16.3. The van der Waals surface area contributed by atoms with Crippen LogP contribution in [0.2, 0.25) is 0 Å². The second-order valence-electron chi connectivity index (χ2n) is 5.25. The van der Waals surface area contributed by atoms with E-state index >= 15 is 0 Å². The first-order valence-corrected chi connectivity index (χ1v) is 7.12. The maximum Gasteiger partial charge on any atom is 0.340 e. The molecule has 23 heavy (non-hydrogen) atoms. The zero-order valence-electron chi connectivity index (χ0n) is 13.1. The Morgan fingerprint density at radius 2 is 2.09 bits per heavy atom. The Balaban J connectivity index is 1.69. The van der Waals surface area contributed by atoms with Crippen molar-refractivity contribution in [1.82, 2.24) is 19.9 Å². The highest BCUT2D eigenvalue weighted by molar-refractivity contribution is 5.89. The Bertz CT molecular complexity index is 833. The van der Waals surface area contributed by atoms with Crippen molar-refractivity contribution in [1.29, 1.82) is 0 Å². The fourth-order valence-electron chi connectivity index (χ4n) is 2.20. The molecule has 118 valence electrons. The molecule has 0 unspecified atom stereocenters. The number of hydrogen-bond acceptors (Lipinski definition) is 6. The number of ether oxygens (including phenoxy) is 1. The minimum absolute atomic E-state index is 0.0649. The fourth-order valence-corrected chi connectivity index (χ4v) is 2.20. The Hall–Kier alpha value is -2.96. The zero-order chi connectivity index (χ0) is 16.4. The average molecular weight is 312 g/mol. The predicted molar refractivity (Wildman–Crippen MR) is 81.2 cm³/mol. The van der Waals surface area contributed by atoms with E-state index in [1.165, 1.54) is 6.20 Å². The molecule has 0 saturated carbocycles. The third-order valence-corrected chi connectivity index (χ3v) is 3.24. The highest BCUT2D eigenvalue weighted by atomic mass is 16.5. The van der Waals surface area contributed by atoms with Crippen LogP contribution in [0.4, 0.5) is 0 Å². The Kier molecular flexibility index (Phi) is 3.92. The van der Waals surface area contributed by atoms with Gasteiger partial charge in [0.05, 0.1) is 11.3 Å². The third-order valence-electron chi connectivity index (χ3n) is 3.24. The predicted octanol–water partition coefficient (Wildman–Crippen LogP) is 2.54. The summed E-state index contributed by atoms with van der Waals surface area (Å²) in [5, 5.41) is 8.12. The van der Waals surface area contributed by atoms with Gasteiger partial charge in [-0.05, 0) is 39.0 Å². The van der Waals surface area contributed by atoms with Crippen LogP contribution in [0.15, 0.2) is 35.0 Å². The second kappa shape index (κ2) is 6.04. The van der Waals surface area contributed by atoms with Crippen LogP contribution in [-0.2, 0) is 11.3 Å². The van der Waals surface area contributed by atoms with Crippen LogP contribution in [0.25, 0.3) is 5.82 Å². The van der Waals surface area contributed by atoms with Crippen LogP contribution >= 0.6 is 0 Å². The van der Waals surface area contributed by atoms with Crippen molar-refractivity contribution in [2.75, 3.05) is 0 Å². The summed E-state index contributed by atoms with van der Waals surface area (Å²) in [6, 6.07) is 7.08. The number of hydrogen-bond donors (Lipinski definition) is 0. The molecule has 0 atom stereocenters. The normalized spacial score (nSPS) is 10.7. The summed E-state index contributed by atoms with van der Waals surface area (Å²) in [6.45, 7) is 5.71. The first kappa shape index (κ1) is 15.0. The molecule has 0 bridgehead atoms. The van der Waals surface area contributed by atoms with Gasteiger partial charge in [-0.1, -0.05) is 5.16 Å². The molecule has 0 spiro atoms. The molecule has 0 radical (unpaired) electrons. The summed E-state index contributed by atoms with van der Waals surface area (Å²) in [5.41, 5.74) is 2.83. The first-order valence-electron chi connectivity index (χ1n) is 7.12. The number of rotatable bonds is 4. The lowest BCUT2D eigenvalue weighted by molar-refractivity contribution is 0.0464. The Morgan fingerprint density at radius 3 is 2.65 bits per heavy atom. The van der Waals surface area contributed by atoms with Gasteiger partial charge >= 0.3 is 5.97 Å². The maximum absolute atomic E-state index is 12.0. The van der Waals surface area contributed by atoms with Crippen molar-refractivity contribution in [3.8, 4) is 5.82 Å². The Labute approximate surface area is 132 Å². The van der Waals surface area contributed by atoms with E-state index in [-0.39, 0.29) is 6.61 Å². The van der Waals surface area contributed by atoms with Crippen molar-refractivity contribution >= 4 is 5.97 Å². The molecule has 0 aliphatic heterocycles. The lowest BCUT2D eigenvalue weighted by Gasteiger charge is -2.05. The quantitative estimate of drug-likeness (QED) is 0.688. The molecule has 0 amide bonds. The lowest BCUT2D eigenvalue weighted by atomic mass is 10.3. The number of esters is 1. The number of aryl methyl sites for hydroxylation is 3. The van der Waals surface area contributed by atoms with Gasteiger partial charge < -0.3 is 9.26 Å². The fraction of sp³-hybridized carbons (Fsp3) is 0.250.